The summed E-state index contributed by atoms with van der Waals surface area (Å²) in [6, 6.07) is 29.8. The Morgan fingerprint density at radius 2 is 1.60 bits per heavy atom. The highest BCUT2D eigenvalue weighted by atomic mass is 35.5. The third kappa shape index (κ3) is 7.11. The van der Waals surface area contributed by atoms with Gasteiger partial charge in [-0.1, -0.05) is 66.2 Å². The van der Waals surface area contributed by atoms with Crippen LogP contribution in [0.4, 0.5) is 5.69 Å². The first-order valence-corrected chi connectivity index (χ1v) is 16.1. The molecule has 10 heteroatoms. The van der Waals surface area contributed by atoms with Crippen LogP contribution < -0.4 is 10.1 Å². The minimum absolute atomic E-state index is 0.192. The van der Waals surface area contributed by atoms with Crippen LogP contribution in [0.5, 0.6) is 5.75 Å². The number of esters is 1. The predicted octanol–water partition coefficient (Wildman–Crippen LogP) is 7.38. The number of piperidine rings is 1. The van der Waals surface area contributed by atoms with Crippen LogP contribution in [0, 0.1) is 0 Å². The first-order chi connectivity index (χ1) is 23.3. The molecule has 1 fully saturated rings. The summed E-state index contributed by atoms with van der Waals surface area (Å²) in [5.41, 5.74) is 5.11. The van der Waals surface area contributed by atoms with Crippen LogP contribution in [-0.2, 0) is 18.4 Å². The number of amides is 2. The number of methoxy groups -OCH3 is 1. The number of aromatic nitrogens is 2. The van der Waals surface area contributed by atoms with Gasteiger partial charge in [-0.25, -0.2) is 4.79 Å². The maximum atomic E-state index is 13.7. The van der Waals surface area contributed by atoms with E-state index in [1.807, 2.05) is 66.7 Å². The number of para-hydroxylation sites is 1. The van der Waals surface area contributed by atoms with Gasteiger partial charge in [0.15, 0.2) is 0 Å². The summed E-state index contributed by atoms with van der Waals surface area (Å²) in [5.74, 6) is -0.0461. The molecule has 1 aliphatic heterocycles. The molecule has 0 unspecified atom stereocenters. The van der Waals surface area contributed by atoms with E-state index >= 15 is 0 Å². The number of benzene rings is 4. The number of rotatable bonds is 9. The maximum absolute atomic E-state index is 13.7. The van der Waals surface area contributed by atoms with Crippen molar-refractivity contribution in [3.8, 4) is 17.0 Å². The van der Waals surface area contributed by atoms with Gasteiger partial charge in [-0.3, -0.25) is 14.3 Å². The molecule has 0 aliphatic carbocycles. The van der Waals surface area contributed by atoms with Crippen molar-refractivity contribution in [1.82, 2.24) is 14.7 Å². The summed E-state index contributed by atoms with van der Waals surface area (Å²) in [6.45, 7) is 1.49. The topological polar surface area (TPSA) is 103 Å². The van der Waals surface area contributed by atoms with E-state index in [1.165, 1.54) is 13.3 Å². The van der Waals surface area contributed by atoms with Crippen molar-refractivity contribution in [3.05, 3.63) is 136 Å². The van der Waals surface area contributed by atoms with Crippen molar-refractivity contribution in [2.24, 2.45) is 7.05 Å². The zero-order valence-electron chi connectivity index (χ0n) is 26.7. The fourth-order valence-electron chi connectivity index (χ4n) is 6.01. The van der Waals surface area contributed by atoms with E-state index < -0.39 is 0 Å². The molecule has 2 heterocycles. The van der Waals surface area contributed by atoms with E-state index in [0.717, 1.165) is 29.5 Å². The van der Waals surface area contributed by atoms with Gasteiger partial charge < -0.3 is 19.7 Å². The molecule has 1 aromatic heterocycles. The highest BCUT2D eigenvalue weighted by molar-refractivity contribution is 6.34. The number of carbonyl (C=O) groups excluding carboxylic acids is 3. The minimum Gasteiger partial charge on any atom is -0.488 e. The molecule has 0 atom stereocenters. The van der Waals surface area contributed by atoms with Crippen molar-refractivity contribution in [3.63, 3.8) is 0 Å². The van der Waals surface area contributed by atoms with E-state index in [9.17, 15) is 14.4 Å². The molecule has 9 nitrogen and oxygen atoms in total. The lowest BCUT2D eigenvalue weighted by molar-refractivity contribution is 0.0599. The Hall–Kier alpha value is -5.41. The van der Waals surface area contributed by atoms with E-state index in [4.69, 9.17) is 21.1 Å². The predicted molar refractivity (Wildman–Crippen MR) is 184 cm³/mol. The van der Waals surface area contributed by atoms with Crippen LogP contribution in [-0.4, -0.2) is 52.7 Å². The molecule has 6 rings (SSSR count). The lowest BCUT2D eigenvalue weighted by Gasteiger charge is -2.32. The Morgan fingerprint density at radius 3 is 2.33 bits per heavy atom. The molecular formula is C38H35ClN4O5. The lowest BCUT2D eigenvalue weighted by atomic mass is 9.88. The second kappa shape index (κ2) is 14.6. The van der Waals surface area contributed by atoms with Crippen LogP contribution >= 0.6 is 11.6 Å². The van der Waals surface area contributed by atoms with Crippen LogP contribution in [0.3, 0.4) is 0 Å². The fourth-order valence-corrected chi connectivity index (χ4v) is 6.21. The number of aryl methyl sites for hydroxylation is 1. The van der Waals surface area contributed by atoms with Gasteiger partial charge in [-0.05, 0) is 72.4 Å². The van der Waals surface area contributed by atoms with Crippen LogP contribution in [0.1, 0.15) is 61.0 Å². The van der Waals surface area contributed by atoms with Gasteiger partial charge in [0.2, 0.25) is 0 Å². The van der Waals surface area contributed by atoms with Crippen molar-refractivity contribution in [2.75, 3.05) is 25.5 Å². The number of nitrogens with zero attached hydrogens (tertiary/aromatic N) is 3. The van der Waals surface area contributed by atoms with Gasteiger partial charge in [0, 0.05) is 31.4 Å². The zero-order chi connectivity index (χ0) is 33.6. The van der Waals surface area contributed by atoms with Crippen LogP contribution in [0.15, 0.2) is 103 Å². The van der Waals surface area contributed by atoms with Crippen molar-refractivity contribution < 1.29 is 23.9 Å². The average Bonchev–Trinajstić information content (AvgIpc) is 3.52. The minimum atomic E-state index is -0.379. The van der Waals surface area contributed by atoms with E-state index in [1.54, 1.807) is 47.0 Å². The average molecular weight is 663 g/mol. The van der Waals surface area contributed by atoms with E-state index in [0.29, 0.717) is 58.5 Å². The number of hydrogen-bond acceptors (Lipinski definition) is 6. The molecular weight excluding hydrogens is 628 g/mol. The summed E-state index contributed by atoms with van der Waals surface area (Å²) in [4.78, 5) is 40.9. The molecule has 4 aromatic carbocycles. The van der Waals surface area contributed by atoms with Gasteiger partial charge >= 0.3 is 5.97 Å². The Kier molecular flexibility index (Phi) is 9.87. The number of halogens is 1. The van der Waals surface area contributed by atoms with Crippen molar-refractivity contribution >= 4 is 35.1 Å². The molecule has 0 bridgehead atoms. The molecule has 0 spiro atoms. The molecule has 1 aliphatic rings. The second-order valence-corrected chi connectivity index (χ2v) is 12.0. The quantitative estimate of drug-likeness (QED) is 0.165. The third-order valence-corrected chi connectivity index (χ3v) is 8.93. The zero-order valence-corrected chi connectivity index (χ0v) is 27.4. The number of carbonyl (C=O) groups is 3. The number of anilines is 1. The molecule has 0 saturated carbocycles. The largest absolute Gasteiger partial charge is 0.488 e. The summed E-state index contributed by atoms with van der Waals surface area (Å²) in [5, 5.41) is 7.62. The smallest absolute Gasteiger partial charge is 0.337 e. The molecule has 5 aromatic rings. The Bertz CT molecular complexity index is 1930. The third-order valence-electron chi connectivity index (χ3n) is 8.60. The van der Waals surface area contributed by atoms with E-state index in [-0.39, 0.29) is 23.7 Å². The summed E-state index contributed by atoms with van der Waals surface area (Å²) >= 11 is 6.52. The van der Waals surface area contributed by atoms with Gasteiger partial charge in [0.1, 0.15) is 12.4 Å². The highest BCUT2D eigenvalue weighted by Crippen LogP contribution is 2.34. The molecule has 2 amide bonds. The Balaban J connectivity index is 1.14. The SMILES string of the molecule is COC(=O)c1ccc(C2CCN(C(=O)c3cc(NC(=O)c4cnn(C)c4-c4ccccc4OCc4ccccc4)ccc3Cl)CC2)cc1. The van der Waals surface area contributed by atoms with Crippen molar-refractivity contribution in [2.45, 2.75) is 25.4 Å². The molecule has 244 valence electrons. The van der Waals surface area contributed by atoms with Crippen LogP contribution in [0.2, 0.25) is 5.02 Å². The lowest BCUT2D eigenvalue weighted by Crippen LogP contribution is -2.38. The summed E-state index contributed by atoms with van der Waals surface area (Å²) < 4.78 is 12.6. The number of nitrogens with one attached hydrogen (secondary N) is 1. The van der Waals surface area contributed by atoms with E-state index in [2.05, 4.69) is 10.4 Å². The number of likely N-dealkylation sites (tertiary alicyclic amines) is 1. The first kappa shape index (κ1) is 32.5. The molecule has 1 saturated heterocycles. The normalized spacial score (nSPS) is 13.2. The second-order valence-electron chi connectivity index (χ2n) is 11.6. The first-order valence-electron chi connectivity index (χ1n) is 15.7. The summed E-state index contributed by atoms with van der Waals surface area (Å²) in [6.07, 6.45) is 3.07. The Morgan fingerprint density at radius 1 is 0.896 bits per heavy atom. The Labute approximate surface area is 284 Å². The van der Waals surface area contributed by atoms with Crippen molar-refractivity contribution in [1.29, 1.82) is 0 Å². The molecule has 48 heavy (non-hydrogen) atoms. The fraction of sp³-hybridized carbons (Fsp3) is 0.211. The molecule has 0 radical (unpaired) electrons. The van der Waals surface area contributed by atoms with Gasteiger partial charge in [-0.2, -0.15) is 5.10 Å². The molecule has 1 N–H and O–H groups in total. The standard InChI is InChI=1S/C38H35ClN4O5/c1-42-35(30-10-6-7-11-34(30)48-24-25-8-4-3-5-9-25)32(23-40-42)36(44)41-29-16-17-33(39)31(22-29)37(45)43-20-18-27(19-21-43)26-12-14-28(15-13-26)38(46)47-2/h3-17,22-23,27H,18-21,24H2,1-2H3,(H,41,44). The van der Waals surface area contributed by atoms with Crippen LogP contribution in [0.25, 0.3) is 11.3 Å². The monoisotopic (exact) mass is 662 g/mol. The van der Waals surface area contributed by atoms with Gasteiger partial charge in [0.05, 0.1) is 40.7 Å². The van der Waals surface area contributed by atoms with Gasteiger partial charge in [0.25, 0.3) is 11.8 Å². The number of ether oxygens (including phenoxy) is 2. The summed E-state index contributed by atoms with van der Waals surface area (Å²) in [7, 11) is 3.14. The van der Waals surface area contributed by atoms with Gasteiger partial charge in [-0.15, -0.1) is 0 Å². The maximum Gasteiger partial charge on any atom is 0.337 e. The number of hydrogen-bond donors (Lipinski definition) is 1. The highest BCUT2D eigenvalue weighted by Gasteiger charge is 2.27.